The van der Waals surface area contributed by atoms with Gasteiger partial charge in [0.05, 0.1) is 24.4 Å². The van der Waals surface area contributed by atoms with E-state index in [0.29, 0.717) is 25.0 Å². The summed E-state index contributed by atoms with van der Waals surface area (Å²) in [7, 11) is 0. The molecule has 0 spiro atoms. The fourth-order valence-corrected chi connectivity index (χ4v) is 4.06. The molecule has 0 amide bonds. The number of rotatable bonds is 5. The summed E-state index contributed by atoms with van der Waals surface area (Å²) in [6.07, 6.45) is 10.2. The lowest BCUT2D eigenvalue weighted by atomic mass is 9.87. The first-order valence-corrected chi connectivity index (χ1v) is 9.67. The summed E-state index contributed by atoms with van der Waals surface area (Å²) in [5.74, 6) is 2.03. The highest BCUT2D eigenvalue weighted by atomic mass is 16.5. The van der Waals surface area contributed by atoms with Crippen LogP contribution in [0.5, 0.6) is 0 Å². The molecule has 0 unspecified atom stereocenters. The number of aliphatic hydroxyl groups is 1. The molecule has 26 heavy (non-hydrogen) atoms. The van der Waals surface area contributed by atoms with Gasteiger partial charge in [-0.3, -0.25) is 4.90 Å². The lowest BCUT2D eigenvalue weighted by Crippen LogP contribution is -2.49. The summed E-state index contributed by atoms with van der Waals surface area (Å²) in [6, 6.07) is 3.87. The number of aliphatic hydroxyl groups excluding tert-OH is 1. The molecule has 2 fully saturated rings. The molecule has 7 nitrogen and oxygen atoms in total. The Morgan fingerprint density at radius 3 is 2.73 bits per heavy atom. The van der Waals surface area contributed by atoms with Gasteiger partial charge in [-0.1, -0.05) is 24.4 Å². The summed E-state index contributed by atoms with van der Waals surface area (Å²) in [4.78, 5) is 10.6. The van der Waals surface area contributed by atoms with Crippen molar-refractivity contribution in [1.82, 2.24) is 20.0 Å². The van der Waals surface area contributed by atoms with Gasteiger partial charge in [0.25, 0.3) is 0 Å². The number of hydrogen-bond donors (Lipinski definition) is 2. The van der Waals surface area contributed by atoms with Crippen LogP contribution in [0, 0.1) is 0 Å². The summed E-state index contributed by atoms with van der Waals surface area (Å²) in [5, 5.41) is 18.0. The molecule has 1 aliphatic heterocycles. The van der Waals surface area contributed by atoms with Crippen molar-refractivity contribution in [3.8, 4) is 0 Å². The van der Waals surface area contributed by atoms with Crippen molar-refractivity contribution in [3.63, 3.8) is 0 Å². The second-order valence-electron chi connectivity index (χ2n) is 7.47. The number of piperidine rings is 1. The molecule has 1 saturated heterocycles. The molecule has 140 valence electrons. The Balaban J connectivity index is 1.29. The zero-order chi connectivity index (χ0) is 17.8. The number of anilines is 1. The van der Waals surface area contributed by atoms with Gasteiger partial charge in [-0.15, -0.1) is 0 Å². The molecule has 2 N–H and O–H groups in total. The molecule has 2 aromatic rings. The highest BCUT2D eigenvalue weighted by molar-refractivity contribution is 5.25. The van der Waals surface area contributed by atoms with Gasteiger partial charge < -0.3 is 14.9 Å². The van der Waals surface area contributed by atoms with Crippen LogP contribution in [0.15, 0.2) is 29.0 Å². The molecule has 0 bridgehead atoms. The van der Waals surface area contributed by atoms with E-state index in [1.54, 1.807) is 18.5 Å². The maximum atomic E-state index is 10.5. The van der Waals surface area contributed by atoms with Crippen LogP contribution < -0.4 is 5.32 Å². The minimum Gasteiger partial charge on any atom is -0.390 e. The molecule has 1 saturated carbocycles. The molecule has 2 aromatic heterocycles. The fourth-order valence-electron chi connectivity index (χ4n) is 4.06. The van der Waals surface area contributed by atoms with Crippen LogP contribution in [0.4, 0.5) is 5.95 Å². The topological polar surface area (TPSA) is 87.3 Å². The summed E-state index contributed by atoms with van der Waals surface area (Å²) in [6.45, 7) is 2.19. The molecule has 2 atom stereocenters. The average molecular weight is 357 g/mol. The monoisotopic (exact) mass is 357 g/mol. The van der Waals surface area contributed by atoms with Gasteiger partial charge in [-0.05, 0) is 25.3 Å². The van der Waals surface area contributed by atoms with Crippen molar-refractivity contribution in [3.05, 3.63) is 36.0 Å². The van der Waals surface area contributed by atoms with E-state index < -0.39 is 6.10 Å². The van der Waals surface area contributed by atoms with Gasteiger partial charge >= 0.3 is 0 Å². The number of nitrogens with one attached hydrogen (secondary N) is 1. The van der Waals surface area contributed by atoms with Gasteiger partial charge in [0.15, 0.2) is 5.76 Å². The van der Waals surface area contributed by atoms with E-state index in [1.807, 2.05) is 0 Å². The second kappa shape index (κ2) is 8.14. The van der Waals surface area contributed by atoms with E-state index in [1.165, 1.54) is 32.1 Å². The summed E-state index contributed by atoms with van der Waals surface area (Å²) < 4.78 is 5.57. The lowest BCUT2D eigenvalue weighted by molar-refractivity contribution is 0.0517. The van der Waals surface area contributed by atoms with Crippen LogP contribution in [-0.2, 0) is 6.54 Å². The predicted octanol–water partition coefficient (Wildman–Crippen LogP) is 2.56. The first-order chi connectivity index (χ1) is 12.8. The third-order valence-corrected chi connectivity index (χ3v) is 5.53. The number of likely N-dealkylation sites (tertiary alicyclic amines) is 1. The first-order valence-electron chi connectivity index (χ1n) is 9.67. The molecule has 0 radical (unpaired) electrons. The van der Waals surface area contributed by atoms with Crippen molar-refractivity contribution in [2.45, 2.75) is 63.1 Å². The van der Waals surface area contributed by atoms with Crippen LogP contribution in [-0.4, -0.2) is 50.4 Å². The Morgan fingerprint density at radius 1 is 1.15 bits per heavy atom. The van der Waals surface area contributed by atoms with Crippen molar-refractivity contribution >= 4 is 5.95 Å². The van der Waals surface area contributed by atoms with Crippen LogP contribution in [0.1, 0.15) is 55.9 Å². The largest absolute Gasteiger partial charge is 0.390 e. The maximum Gasteiger partial charge on any atom is 0.222 e. The molecule has 1 aliphatic carbocycles. The third-order valence-electron chi connectivity index (χ3n) is 5.53. The Morgan fingerprint density at radius 2 is 1.96 bits per heavy atom. The number of nitrogens with zero attached hydrogens (tertiary/aromatic N) is 4. The van der Waals surface area contributed by atoms with Gasteiger partial charge in [0.2, 0.25) is 5.95 Å². The first kappa shape index (κ1) is 17.4. The lowest BCUT2D eigenvalue weighted by Gasteiger charge is -2.35. The van der Waals surface area contributed by atoms with Gasteiger partial charge in [-0.25, -0.2) is 9.97 Å². The second-order valence-corrected chi connectivity index (χ2v) is 7.47. The quantitative estimate of drug-likeness (QED) is 0.850. The van der Waals surface area contributed by atoms with Crippen LogP contribution in [0.25, 0.3) is 0 Å². The number of aromatic nitrogens is 3. The highest BCUT2D eigenvalue weighted by Gasteiger charge is 2.29. The standard InChI is InChI=1S/C19H27N5O2/c25-18-13-24(10-7-16(18)22-19-20-8-4-9-21-19)12-15-11-17(23-26-15)14-5-2-1-3-6-14/h4,8-9,11,14,16,18,25H,1-3,5-7,10,12-13H2,(H,20,21,22)/t16-,18-/m1/s1. The molecule has 0 aromatic carbocycles. The molecule has 2 aliphatic rings. The van der Waals surface area contributed by atoms with Crippen LogP contribution in [0.3, 0.4) is 0 Å². The van der Waals surface area contributed by atoms with Crippen molar-refractivity contribution < 1.29 is 9.63 Å². The molecule has 4 rings (SSSR count). The Bertz CT molecular complexity index is 686. The fraction of sp³-hybridized carbons (Fsp3) is 0.632. The zero-order valence-corrected chi connectivity index (χ0v) is 15.0. The Hall–Kier alpha value is -1.99. The van der Waals surface area contributed by atoms with Gasteiger partial charge in [0.1, 0.15) is 0 Å². The average Bonchev–Trinajstić information content (AvgIpc) is 3.14. The van der Waals surface area contributed by atoms with E-state index in [2.05, 4.69) is 31.4 Å². The minimum atomic E-state index is -0.465. The minimum absolute atomic E-state index is 0.0267. The van der Waals surface area contributed by atoms with Crippen molar-refractivity contribution in [2.24, 2.45) is 0 Å². The van der Waals surface area contributed by atoms with E-state index in [0.717, 1.165) is 24.4 Å². The highest BCUT2D eigenvalue weighted by Crippen LogP contribution is 2.32. The van der Waals surface area contributed by atoms with Crippen LogP contribution >= 0.6 is 0 Å². The normalized spacial score (nSPS) is 25.3. The number of hydrogen-bond acceptors (Lipinski definition) is 7. The molecular formula is C19H27N5O2. The summed E-state index contributed by atoms with van der Waals surface area (Å²) >= 11 is 0. The van der Waals surface area contributed by atoms with Crippen molar-refractivity contribution in [2.75, 3.05) is 18.4 Å². The zero-order valence-electron chi connectivity index (χ0n) is 15.0. The van der Waals surface area contributed by atoms with Crippen LogP contribution in [0.2, 0.25) is 0 Å². The smallest absolute Gasteiger partial charge is 0.222 e. The molecule has 3 heterocycles. The van der Waals surface area contributed by atoms with Crippen molar-refractivity contribution in [1.29, 1.82) is 0 Å². The summed E-state index contributed by atoms with van der Waals surface area (Å²) in [5.41, 5.74) is 1.11. The Labute approximate surface area is 153 Å². The molecular weight excluding hydrogens is 330 g/mol. The molecule has 7 heteroatoms. The van der Waals surface area contributed by atoms with Gasteiger partial charge in [-0.2, -0.15) is 0 Å². The predicted molar refractivity (Wildman–Crippen MR) is 97.7 cm³/mol. The van der Waals surface area contributed by atoms with E-state index in [-0.39, 0.29) is 6.04 Å². The Kier molecular flexibility index (Phi) is 5.45. The third kappa shape index (κ3) is 4.22. The van der Waals surface area contributed by atoms with E-state index in [4.69, 9.17) is 4.52 Å². The van der Waals surface area contributed by atoms with E-state index in [9.17, 15) is 5.11 Å². The number of β-amino-alcohol motifs (C(OH)–C–C–N with tert-alkyl or cyclic N) is 1. The van der Waals surface area contributed by atoms with E-state index >= 15 is 0 Å². The maximum absolute atomic E-state index is 10.5. The SMILES string of the molecule is O[C@@H]1CN(Cc2cc(C3CCCCC3)no2)CC[C@H]1Nc1ncccn1. The van der Waals surface area contributed by atoms with Gasteiger partial charge in [0, 0.05) is 37.5 Å².